The molecule has 1 fully saturated rings. The molecule has 0 bridgehead atoms. The molecule has 0 saturated carbocycles. The van der Waals surface area contributed by atoms with Gasteiger partial charge in [0, 0.05) is 43.3 Å². The second-order valence-corrected chi connectivity index (χ2v) is 6.06. The lowest BCUT2D eigenvalue weighted by atomic mass is 10.1. The van der Waals surface area contributed by atoms with Gasteiger partial charge in [-0.25, -0.2) is 0 Å². The highest BCUT2D eigenvalue weighted by Crippen LogP contribution is 2.36. The van der Waals surface area contributed by atoms with Crippen molar-refractivity contribution in [3.63, 3.8) is 0 Å². The van der Waals surface area contributed by atoms with Crippen LogP contribution in [-0.4, -0.2) is 49.3 Å². The molecular formula is C15H22Cl2N2O2. The molecule has 0 spiro atoms. The maximum absolute atomic E-state index is 10.5. The highest BCUT2D eigenvalue weighted by atomic mass is 35.5. The summed E-state index contributed by atoms with van der Waals surface area (Å²) in [4.78, 5) is 2.22. The minimum Gasteiger partial charge on any atom is -0.492 e. The average Bonchev–Trinajstić information content (AvgIpc) is 2.46. The Morgan fingerprint density at radius 1 is 1.33 bits per heavy atom. The van der Waals surface area contributed by atoms with Crippen LogP contribution in [0.5, 0.6) is 5.75 Å². The van der Waals surface area contributed by atoms with Gasteiger partial charge in [-0.15, -0.1) is 0 Å². The fourth-order valence-corrected chi connectivity index (χ4v) is 2.98. The molecule has 6 heteroatoms. The summed E-state index contributed by atoms with van der Waals surface area (Å²) >= 11 is 12.3. The molecule has 1 unspecified atom stereocenters. The molecule has 118 valence electrons. The minimum atomic E-state index is -0.661. The van der Waals surface area contributed by atoms with Gasteiger partial charge in [0.05, 0.1) is 17.7 Å². The van der Waals surface area contributed by atoms with Crippen LogP contribution in [0, 0.1) is 0 Å². The summed E-state index contributed by atoms with van der Waals surface area (Å²) in [5.74, 6) is 0.547. The summed E-state index contributed by atoms with van der Waals surface area (Å²) in [6.45, 7) is 6.90. The first-order valence-electron chi connectivity index (χ1n) is 7.34. The van der Waals surface area contributed by atoms with Gasteiger partial charge in [-0.05, 0) is 18.6 Å². The normalized spacial score (nSPS) is 17.7. The third kappa shape index (κ3) is 4.73. The smallest absolute Gasteiger partial charge is 0.143 e. The number of aliphatic hydroxyl groups is 1. The Balaban J connectivity index is 2.15. The number of nitrogens with zero attached hydrogens (tertiary/aromatic N) is 1. The van der Waals surface area contributed by atoms with Gasteiger partial charge >= 0.3 is 0 Å². The number of aliphatic hydroxyl groups excluding tert-OH is 1. The van der Waals surface area contributed by atoms with E-state index < -0.39 is 6.10 Å². The fraction of sp³-hybridized carbons (Fsp3) is 0.600. The highest BCUT2D eigenvalue weighted by molar-refractivity contribution is 6.35. The molecule has 0 aliphatic carbocycles. The van der Waals surface area contributed by atoms with E-state index in [4.69, 9.17) is 27.9 Å². The number of nitrogens with one attached hydrogen (secondary N) is 1. The van der Waals surface area contributed by atoms with Crippen molar-refractivity contribution in [2.45, 2.75) is 19.4 Å². The Morgan fingerprint density at radius 2 is 2.05 bits per heavy atom. The zero-order valence-corrected chi connectivity index (χ0v) is 13.8. The SMILES string of the molecule is CCCOc1c(Cl)cc(Cl)cc1C(O)CN1CCNCC1. The van der Waals surface area contributed by atoms with Crippen molar-refractivity contribution in [3.8, 4) is 5.75 Å². The van der Waals surface area contributed by atoms with Crippen LogP contribution in [0.1, 0.15) is 25.0 Å². The maximum atomic E-state index is 10.5. The van der Waals surface area contributed by atoms with Gasteiger partial charge in [0.2, 0.25) is 0 Å². The summed E-state index contributed by atoms with van der Waals surface area (Å²) in [7, 11) is 0. The second kappa shape index (κ2) is 8.20. The van der Waals surface area contributed by atoms with Crippen LogP contribution in [0.4, 0.5) is 0 Å². The van der Waals surface area contributed by atoms with Crippen molar-refractivity contribution in [1.29, 1.82) is 0 Å². The van der Waals surface area contributed by atoms with E-state index >= 15 is 0 Å². The van der Waals surface area contributed by atoms with Gasteiger partial charge in [-0.2, -0.15) is 0 Å². The third-order valence-electron chi connectivity index (χ3n) is 3.49. The Hall–Kier alpha value is -0.520. The van der Waals surface area contributed by atoms with E-state index in [1.54, 1.807) is 12.1 Å². The van der Waals surface area contributed by atoms with Crippen molar-refractivity contribution < 1.29 is 9.84 Å². The van der Waals surface area contributed by atoms with Crippen molar-refractivity contribution in [2.75, 3.05) is 39.3 Å². The van der Waals surface area contributed by atoms with Crippen LogP contribution < -0.4 is 10.1 Å². The predicted octanol–water partition coefficient (Wildman–Crippen LogP) is 2.72. The highest BCUT2D eigenvalue weighted by Gasteiger charge is 2.21. The van der Waals surface area contributed by atoms with Crippen LogP contribution >= 0.6 is 23.2 Å². The number of piperazine rings is 1. The number of rotatable bonds is 6. The van der Waals surface area contributed by atoms with Crippen molar-refractivity contribution in [3.05, 3.63) is 27.7 Å². The molecule has 1 aromatic rings. The summed E-state index contributed by atoms with van der Waals surface area (Å²) in [6, 6.07) is 3.39. The molecule has 1 saturated heterocycles. The van der Waals surface area contributed by atoms with Crippen LogP contribution in [0.25, 0.3) is 0 Å². The molecule has 2 N–H and O–H groups in total. The van der Waals surface area contributed by atoms with Crippen molar-refractivity contribution in [1.82, 2.24) is 10.2 Å². The molecular weight excluding hydrogens is 311 g/mol. The summed E-state index contributed by atoms with van der Waals surface area (Å²) in [5, 5.41) is 14.8. The minimum absolute atomic E-state index is 0.449. The summed E-state index contributed by atoms with van der Waals surface area (Å²) in [6.07, 6.45) is 0.220. The van der Waals surface area contributed by atoms with Crippen LogP contribution in [0.15, 0.2) is 12.1 Å². The van der Waals surface area contributed by atoms with Crippen LogP contribution in [0.2, 0.25) is 10.0 Å². The lowest BCUT2D eigenvalue weighted by Gasteiger charge is -2.29. The van der Waals surface area contributed by atoms with Gasteiger partial charge in [-0.1, -0.05) is 30.1 Å². The second-order valence-electron chi connectivity index (χ2n) is 5.22. The Bertz CT molecular complexity index is 465. The first-order chi connectivity index (χ1) is 10.1. The van der Waals surface area contributed by atoms with Gasteiger partial charge in [0.1, 0.15) is 5.75 Å². The lowest BCUT2D eigenvalue weighted by molar-refractivity contribution is 0.103. The number of halogens is 2. The van der Waals surface area contributed by atoms with Gasteiger partial charge in [-0.3, -0.25) is 4.90 Å². The Labute approximate surface area is 136 Å². The van der Waals surface area contributed by atoms with Crippen LogP contribution in [0.3, 0.4) is 0 Å². The van der Waals surface area contributed by atoms with Crippen molar-refractivity contribution >= 4 is 23.2 Å². The number of hydrogen-bond donors (Lipinski definition) is 2. The molecule has 0 amide bonds. The quantitative estimate of drug-likeness (QED) is 0.840. The average molecular weight is 333 g/mol. The topological polar surface area (TPSA) is 44.7 Å². The molecule has 21 heavy (non-hydrogen) atoms. The van der Waals surface area contributed by atoms with E-state index in [0.29, 0.717) is 34.5 Å². The molecule has 4 nitrogen and oxygen atoms in total. The zero-order valence-electron chi connectivity index (χ0n) is 12.2. The van der Waals surface area contributed by atoms with E-state index in [0.717, 1.165) is 32.6 Å². The van der Waals surface area contributed by atoms with E-state index in [1.807, 2.05) is 6.92 Å². The summed E-state index contributed by atoms with van der Waals surface area (Å²) < 4.78 is 5.70. The number of benzene rings is 1. The first-order valence-corrected chi connectivity index (χ1v) is 8.10. The van der Waals surface area contributed by atoms with E-state index in [2.05, 4.69) is 10.2 Å². The molecule has 0 radical (unpaired) electrons. The van der Waals surface area contributed by atoms with E-state index in [9.17, 15) is 5.11 Å². The number of ether oxygens (including phenoxy) is 1. The van der Waals surface area contributed by atoms with E-state index in [1.165, 1.54) is 0 Å². The standard InChI is InChI=1S/C15H22Cl2N2O2/c1-2-7-21-15-12(8-11(16)9-13(15)17)14(20)10-19-5-3-18-4-6-19/h8-9,14,18,20H,2-7,10H2,1H3. The molecule has 1 aliphatic heterocycles. The molecule has 0 aromatic heterocycles. The van der Waals surface area contributed by atoms with Gasteiger partial charge < -0.3 is 15.2 Å². The number of β-amino-alcohol motifs (C(OH)–C–C–N with tert-alkyl or cyclic N) is 1. The fourth-order valence-electron chi connectivity index (χ4n) is 2.42. The Morgan fingerprint density at radius 3 is 2.71 bits per heavy atom. The largest absolute Gasteiger partial charge is 0.492 e. The zero-order chi connectivity index (χ0) is 15.2. The summed E-state index contributed by atoms with van der Waals surface area (Å²) in [5.41, 5.74) is 0.666. The predicted molar refractivity (Wildman–Crippen MR) is 86.5 cm³/mol. The molecule has 1 atom stereocenters. The molecule has 1 aromatic carbocycles. The third-order valence-corrected chi connectivity index (χ3v) is 3.99. The number of hydrogen-bond acceptors (Lipinski definition) is 4. The maximum Gasteiger partial charge on any atom is 0.143 e. The molecule has 2 rings (SSSR count). The monoisotopic (exact) mass is 332 g/mol. The van der Waals surface area contributed by atoms with E-state index in [-0.39, 0.29) is 0 Å². The van der Waals surface area contributed by atoms with Gasteiger partial charge in [0.25, 0.3) is 0 Å². The van der Waals surface area contributed by atoms with Crippen molar-refractivity contribution in [2.24, 2.45) is 0 Å². The van der Waals surface area contributed by atoms with Gasteiger partial charge in [0.15, 0.2) is 0 Å². The lowest BCUT2D eigenvalue weighted by Crippen LogP contribution is -2.45. The Kier molecular flexibility index (Phi) is 6.58. The first kappa shape index (κ1) is 16.8. The van der Waals surface area contributed by atoms with Crippen LogP contribution in [-0.2, 0) is 0 Å². The molecule has 1 aliphatic rings. The molecule has 1 heterocycles.